The van der Waals surface area contributed by atoms with Crippen molar-refractivity contribution >= 4 is 50.2 Å². The van der Waals surface area contributed by atoms with Gasteiger partial charge in [-0.25, -0.2) is 32.8 Å². The van der Waals surface area contributed by atoms with Crippen molar-refractivity contribution in [3.8, 4) is 28.5 Å². The largest absolute Gasteiger partial charge is 0.490 e. The summed E-state index contributed by atoms with van der Waals surface area (Å²) in [6.07, 6.45) is -10.6. The maximum absolute atomic E-state index is 12.0. The van der Waals surface area contributed by atoms with Crippen LogP contribution in [0.3, 0.4) is 0 Å². The number of piperazine rings is 1. The molecule has 0 bridgehead atoms. The van der Waals surface area contributed by atoms with Gasteiger partial charge in [-0.3, -0.25) is 5.10 Å². The molecule has 1 saturated heterocycles. The summed E-state index contributed by atoms with van der Waals surface area (Å²) in [5.41, 5.74) is 5.88. The molecule has 4 N–H and O–H groups in total. The summed E-state index contributed by atoms with van der Waals surface area (Å²) in [5, 5.41) is 39.1. The maximum Gasteiger partial charge on any atom is 0.490 e. The quantitative estimate of drug-likeness (QED) is 0.144. The van der Waals surface area contributed by atoms with Gasteiger partial charge in [0.15, 0.2) is 9.84 Å². The molecule has 320 valence electrons. The van der Waals surface area contributed by atoms with Crippen LogP contribution >= 0.6 is 0 Å². The maximum atomic E-state index is 12.0. The Labute approximate surface area is 331 Å². The van der Waals surface area contributed by atoms with Crippen LogP contribution in [0.4, 0.5) is 51.0 Å². The number of hydrogen-bond acceptors (Lipinski definition) is 11. The van der Waals surface area contributed by atoms with E-state index in [0.717, 1.165) is 71.0 Å². The van der Waals surface area contributed by atoms with Gasteiger partial charge in [-0.15, -0.1) is 0 Å². The van der Waals surface area contributed by atoms with Gasteiger partial charge in [-0.1, -0.05) is 24.3 Å². The highest BCUT2D eigenvalue weighted by molar-refractivity contribution is 7.90. The van der Waals surface area contributed by atoms with E-state index in [1.54, 1.807) is 30.6 Å². The van der Waals surface area contributed by atoms with E-state index >= 15 is 0 Å². The first-order chi connectivity index (χ1) is 27.7. The van der Waals surface area contributed by atoms with Gasteiger partial charge >= 0.3 is 36.4 Å². The molecule has 25 heteroatoms. The number of carboxylic acid groups (broad SMARTS) is 3. The Balaban J connectivity index is 0.000000377. The predicted octanol–water partition coefficient (Wildman–Crippen LogP) is 6.19. The van der Waals surface area contributed by atoms with E-state index in [0.29, 0.717) is 10.5 Å². The molecule has 0 amide bonds. The number of aromatic amines is 1. The number of carbonyl (C=O) groups is 3. The smallest absolute Gasteiger partial charge is 0.475 e. The Morgan fingerprint density at radius 2 is 1.27 bits per heavy atom. The minimum atomic E-state index is -5.08. The Morgan fingerprint density at radius 1 is 0.733 bits per heavy atom. The van der Waals surface area contributed by atoms with E-state index in [9.17, 15) is 53.2 Å². The summed E-state index contributed by atoms with van der Waals surface area (Å²) >= 11 is 0. The highest BCUT2D eigenvalue weighted by atomic mass is 32.2. The van der Waals surface area contributed by atoms with Crippen molar-refractivity contribution in [2.75, 3.05) is 42.2 Å². The Kier molecular flexibility index (Phi) is 15.2. The van der Waals surface area contributed by atoms with Crippen molar-refractivity contribution in [2.24, 2.45) is 0 Å². The van der Waals surface area contributed by atoms with E-state index in [2.05, 4.69) is 42.1 Å². The van der Waals surface area contributed by atoms with Gasteiger partial charge in [0.25, 0.3) is 0 Å². The van der Waals surface area contributed by atoms with E-state index in [1.165, 1.54) is 6.26 Å². The highest BCUT2D eigenvalue weighted by Crippen LogP contribution is 2.34. The minimum Gasteiger partial charge on any atom is -0.475 e. The van der Waals surface area contributed by atoms with Crippen molar-refractivity contribution in [1.82, 2.24) is 20.2 Å². The van der Waals surface area contributed by atoms with Gasteiger partial charge in [0.2, 0.25) is 0 Å². The monoisotopic (exact) mass is 877 g/mol. The number of anilines is 2. The van der Waals surface area contributed by atoms with Crippen LogP contribution in [-0.4, -0.2) is 113 Å². The van der Waals surface area contributed by atoms with Crippen LogP contribution in [0.5, 0.6) is 0 Å². The molecule has 2 aromatic heterocycles. The second-order valence-electron chi connectivity index (χ2n) is 11.9. The van der Waals surface area contributed by atoms with Gasteiger partial charge in [0.05, 0.1) is 27.7 Å². The fourth-order valence-electron chi connectivity index (χ4n) is 5.02. The summed E-state index contributed by atoms with van der Waals surface area (Å²) in [5.74, 6) is -7.41. The number of H-pyrrole nitrogens is 1. The molecule has 0 aliphatic carbocycles. The molecule has 3 aromatic carbocycles. The third kappa shape index (κ3) is 13.3. The lowest BCUT2D eigenvalue weighted by atomic mass is 9.99. The van der Waals surface area contributed by atoms with E-state index < -0.39 is 46.3 Å². The molecule has 15 nitrogen and oxygen atoms in total. The Morgan fingerprint density at radius 3 is 1.78 bits per heavy atom. The first kappa shape index (κ1) is 47.4. The number of nitriles is 1. The van der Waals surface area contributed by atoms with Gasteiger partial charge in [-0.05, 0) is 48.0 Å². The third-order valence-electron chi connectivity index (χ3n) is 7.75. The number of alkyl halides is 9. The molecule has 5 aromatic rings. The molecule has 3 heterocycles. The molecule has 6 rings (SSSR count). The van der Waals surface area contributed by atoms with E-state index in [-0.39, 0.29) is 0 Å². The van der Waals surface area contributed by atoms with Crippen LogP contribution in [0, 0.1) is 11.3 Å². The fourth-order valence-corrected chi connectivity index (χ4v) is 5.68. The number of fused-ring (bicyclic) bond motifs is 1. The molecule has 1 fully saturated rings. The first-order valence-corrected chi connectivity index (χ1v) is 18.1. The summed E-state index contributed by atoms with van der Waals surface area (Å²) < 4.78 is 119. The molecular formula is C35H28F9N7O8S. The zero-order chi connectivity index (χ0) is 45.2. The highest BCUT2D eigenvalue weighted by Gasteiger charge is 2.39. The normalized spacial score (nSPS) is 13.0. The van der Waals surface area contributed by atoms with Crippen LogP contribution in [0.25, 0.3) is 33.3 Å². The third-order valence-corrected chi connectivity index (χ3v) is 8.86. The molecule has 1 aliphatic rings. The van der Waals surface area contributed by atoms with Crippen LogP contribution < -0.4 is 9.80 Å². The SMILES string of the molecule is CS(=O)(=O)c1cccc(N2CCN(c3ncnc4ccc(-c5c[nH]nc5-c5cccc(C#N)c5)cc34)CC2)c1.O=C(O)C(F)(F)F.O=C(O)C(F)(F)F.O=C(O)C(F)(F)F. The average molecular weight is 878 g/mol. The number of aromatic nitrogens is 4. The molecule has 60 heavy (non-hydrogen) atoms. The number of aliphatic carboxylic acids is 3. The van der Waals surface area contributed by atoms with Crippen LogP contribution in [0.2, 0.25) is 0 Å². The zero-order valence-corrected chi connectivity index (χ0v) is 31.0. The van der Waals surface area contributed by atoms with Crippen molar-refractivity contribution in [3.63, 3.8) is 0 Å². The number of sulfone groups is 1. The first-order valence-electron chi connectivity index (χ1n) is 16.2. The average Bonchev–Trinajstić information content (AvgIpc) is 3.67. The lowest BCUT2D eigenvalue weighted by molar-refractivity contribution is -0.193. The number of carboxylic acids is 3. The second kappa shape index (κ2) is 19.2. The number of benzene rings is 3. The van der Waals surface area contributed by atoms with Crippen molar-refractivity contribution in [2.45, 2.75) is 23.4 Å². The molecular weight excluding hydrogens is 849 g/mol. The number of rotatable bonds is 5. The van der Waals surface area contributed by atoms with E-state index in [4.69, 9.17) is 29.7 Å². The lowest BCUT2D eigenvalue weighted by Gasteiger charge is -2.37. The molecule has 0 atom stereocenters. The lowest BCUT2D eigenvalue weighted by Crippen LogP contribution is -2.47. The van der Waals surface area contributed by atoms with Crippen molar-refractivity contribution in [1.29, 1.82) is 5.26 Å². The van der Waals surface area contributed by atoms with Crippen molar-refractivity contribution in [3.05, 3.63) is 84.8 Å². The molecule has 0 radical (unpaired) electrons. The van der Waals surface area contributed by atoms with Gasteiger partial charge < -0.3 is 25.1 Å². The van der Waals surface area contributed by atoms with Crippen LogP contribution in [0.15, 0.2) is 84.1 Å². The van der Waals surface area contributed by atoms with Gasteiger partial charge in [0.1, 0.15) is 12.1 Å². The Bertz CT molecular complexity index is 2420. The van der Waals surface area contributed by atoms with Gasteiger partial charge in [-0.2, -0.15) is 49.9 Å². The summed E-state index contributed by atoms with van der Waals surface area (Å²) in [6.45, 7) is 2.94. The number of hydrogen-bond donors (Lipinski definition) is 4. The van der Waals surface area contributed by atoms with Gasteiger partial charge in [0, 0.05) is 60.8 Å². The number of nitrogens with zero attached hydrogens (tertiary/aromatic N) is 6. The molecule has 0 unspecified atom stereocenters. The second-order valence-corrected chi connectivity index (χ2v) is 13.9. The minimum absolute atomic E-state index is 0.328. The number of nitrogens with one attached hydrogen (secondary N) is 1. The molecule has 1 aliphatic heterocycles. The van der Waals surface area contributed by atoms with Crippen molar-refractivity contribution < 1.29 is 77.6 Å². The summed E-state index contributed by atoms with van der Waals surface area (Å²) in [7, 11) is -3.26. The Hall–Kier alpha value is -6.97. The molecule has 0 saturated carbocycles. The summed E-state index contributed by atoms with van der Waals surface area (Å²) in [4.78, 5) is 40.6. The predicted molar refractivity (Wildman–Crippen MR) is 192 cm³/mol. The molecule has 0 spiro atoms. The number of halogens is 9. The van der Waals surface area contributed by atoms with Crippen LogP contribution in [0.1, 0.15) is 5.56 Å². The topological polar surface area (TPSA) is 231 Å². The fraction of sp³-hybridized carbons (Fsp3) is 0.229. The summed E-state index contributed by atoms with van der Waals surface area (Å²) in [6, 6.07) is 22.8. The van der Waals surface area contributed by atoms with Crippen LogP contribution in [-0.2, 0) is 24.2 Å². The standard InChI is InChI=1S/C29H25N7O2S.3C2HF3O2/c1-39(37,38)24-7-3-6-23(16-24)35-10-12-36(13-11-35)29-25-15-21(8-9-27(25)31-19-32-29)26-18-33-34-28(26)22-5-2-4-20(14-22)17-30;3*3-2(4,5)1(6)7/h2-9,14-16,18-19H,10-13H2,1H3,(H,33,34);3*(H,6,7). The van der Waals surface area contributed by atoms with E-state index in [1.807, 2.05) is 42.6 Å². The zero-order valence-electron chi connectivity index (χ0n) is 30.2.